The van der Waals surface area contributed by atoms with E-state index in [9.17, 15) is 10.1 Å². The molecule has 0 saturated carbocycles. The number of nitriles is 1. The molecule has 0 unspecified atom stereocenters. The predicted octanol–water partition coefficient (Wildman–Crippen LogP) is 4.26. The number of anilines is 3. The molecule has 1 aromatic carbocycles. The molecule has 0 atom stereocenters. The maximum absolute atomic E-state index is 12.9. The van der Waals surface area contributed by atoms with Crippen LogP contribution in [0.3, 0.4) is 0 Å². The van der Waals surface area contributed by atoms with E-state index in [0.29, 0.717) is 26.5 Å². The number of hydrogen-bond donors (Lipinski definition) is 3. The Morgan fingerprint density at radius 3 is 2.50 bits per heavy atom. The third-order valence-electron chi connectivity index (χ3n) is 4.69. The van der Waals surface area contributed by atoms with Crippen LogP contribution in [0.2, 0.25) is 0 Å². The van der Waals surface area contributed by atoms with Gasteiger partial charge in [-0.15, -0.1) is 11.3 Å². The number of rotatable bonds is 3. The molecule has 0 aliphatic carbocycles. The topological polar surface area (TPSA) is 131 Å². The van der Waals surface area contributed by atoms with Crippen LogP contribution >= 0.6 is 11.3 Å². The van der Waals surface area contributed by atoms with Gasteiger partial charge in [-0.05, 0) is 31.5 Å². The highest BCUT2D eigenvalue weighted by Gasteiger charge is 2.24. The smallest absolute Gasteiger partial charge is 0.269 e. The van der Waals surface area contributed by atoms with E-state index in [2.05, 4.69) is 21.4 Å². The van der Waals surface area contributed by atoms with Gasteiger partial charge in [0.15, 0.2) is 0 Å². The van der Waals surface area contributed by atoms with Crippen molar-refractivity contribution in [1.82, 2.24) is 9.97 Å². The number of aromatic nitrogens is 2. The van der Waals surface area contributed by atoms with Crippen LogP contribution in [0.1, 0.15) is 26.5 Å². The molecule has 0 spiro atoms. The molecule has 7 nitrogen and oxygen atoms in total. The molecule has 5 N–H and O–H groups in total. The average Bonchev–Trinajstić information content (AvgIpc) is 3.04. The number of aryl methyl sites for hydroxylation is 2. The van der Waals surface area contributed by atoms with E-state index in [1.165, 1.54) is 0 Å². The Balaban J connectivity index is 1.90. The number of thiophene rings is 1. The van der Waals surface area contributed by atoms with Crippen LogP contribution in [0.5, 0.6) is 0 Å². The third kappa shape index (κ3) is 3.32. The molecule has 0 radical (unpaired) electrons. The number of amides is 1. The Hall–Kier alpha value is -3.96. The van der Waals surface area contributed by atoms with Gasteiger partial charge in [0.05, 0.1) is 5.69 Å². The van der Waals surface area contributed by atoms with Crippen molar-refractivity contribution in [3.05, 3.63) is 64.2 Å². The summed E-state index contributed by atoms with van der Waals surface area (Å²) < 4.78 is 0. The molecular weight excluding hydrogens is 396 g/mol. The molecule has 4 aromatic rings. The van der Waals surface area contributed by atoms with Gasteiger partial charge in [0, 0.05) is 16.6 Å². The second-order valence-electron chi connectivity index (χ2n) is 6.87. The first-order chi connectivity index (χ1) is 14.4. The molecule has 30 heavy (non-hydrogen) atoms. The lowest BCUT2D eigenvalue weighted by atomic mass is 9.96. The van der Waals surface area contributed by atoms with E-state index in [0.717, 1.165) is 28.2 Å². The van der Waals surface area contributed by atoms with Crippen molar-refractivity contribution >= 4 is 44.8 Å². The van der Waals surface area contributed by atoms with Gasteiger partial charge in [0.25, 0.3) is 5.91 Å². The minimum Gasteiger partial charge on any atom is -0.397 e. The zero-order chi connectivity index (χ0) is 21.4. The summed E-state index contributed by atoms with van der Waals surface area (Å²) in [5.41, 5.74) is 16.2. The number of nitrogens with one attached hydrogen (secondary N) is 1. The fourth-order valence-corrected chi connectivity index (χ4v) is 4.25. The molecule has 0 aliphatic rings. The fraction of sp³-hybridized carbons (Fsp3) is 0.0909. The van der Waals surface area contributed by atoms with E-state index in [4.69, 9.17) is 11.5 Å². The molecule has 3 aromatic heterocycles. The second-order valence-corrected chi connectivity index (χ2v) is 7.87. The van der Waals surface area contributed by atoms with Gasteiger partial charge in [-0.25, -0.2) is 9.97 Å². The number of carbonyl (C=O) groups excluding carboxylic acids is 1. The number of carbonyl (C=O) groups is 1. The van der Waals surface area contributed by atoms with Crippen LogP contribution < -0.4 is 16.8 Å². The Morgan fingerprint density at radius 1 is 1.10 bits per heavy atom. The molecule has 0 bridgehead atoms. The van der Waals surface area contributed by atoms with Gasteiger partial charge in [0.1, 0.15) is 33.0 Å². The maximum atomic E-state index is 12.9. The van der Waals surface area contributed by atoms with Crippen molar-refractivity contribution in [1.29, 1.82) is 5.26 Å². The molecule has 4 rings (SSSR count). The van der Waals surface area contributed by atoms with Crippen LogP contribution in [-0.2, 0) is 0 Å². The van der Waals surface area contributed by atoms with Gasteiger partial charge in [-0.3, -0.25) is 4.79 Å². The molecule has 0 fully saturated rings. The van der Waals surface area contributed by atoms with Gasteiger partial charge in [-0.2, -0.15) is 5.26 Å². The lowest BCUT2D eigenvalue weighted by Crippen LogP contribution is -2.13. The zero-order valence-electron chi connectivity index (χ0n) is 16.4. The van der Waals surface area contributed by atoms with Crippen LogP contribution in [0.4, 0.5) is 17.3 Å². The summed E-state index contributed by atoms with van der Waals surface area (Å²) in [7, 11) is 0. The molecule has 148 valence electrons. The molecule has 8 heteroatoms. The number of nitrogen functional groups attached to an aromatic ring is 2. The zero-order valence-corrected chi connectivity index (χ0v) is 17.2. The average molecular weight is 414 g/mol. The molecule has 0 aliphatic heterocycles. The lowest BCUT2D eigenvalue weighted by Gasteiger charge is -2.10. The molecule has 1 amide bonds. The SMILES string of the molecule is Cc1ccc(-c2c(C#N)c(N)nc3sc(C(=O)Nc4cccc(C)n4)c(N)c23)cc1. The largest absolute Gasteiger partial charge is 0.397 e. The van der Waals surface area contributed by atoms with Crippen molar-refractivity contribution in [2.45, 2.75) is 13.8 Å². The van der Waals surface area contributed by atoms with Gasteiger partial charge >= 0.3 is 0 Å². The predicted molar refractivity (Wildman–Crippen MR) is 120 cm³/mol. The third-order valence-corrected chi connectivity index (χ3v) is 5.79. The van der Waals surface area contributed by atoms with E-state index in [-0.39, 0.29) is 23.0 Å². The minimum absolute atomic E-state index is 0.106. The van der Waals surface area contributed by atoms with Crippen LogP contribution in [0.25, 0.3) is 21.3 Å². The highest BCUT2D eigenvalue weighted by atomic mass is 32.1. The summed E-state index contributed by atoms with van der Waals surface area (Å²) in [6, 6.07) is 15.2. The first kappa shape index (κ1) is 19.4. The monoisotopic (exact) mass is 414 g/mol. The standard InChI is InChI=1S/C22H18N6OS/c1-11-6-8-13(9-7-11)16-14(10-23)20(25)28-22-17(16)18(24)19(30-22)21(29)27-15-5-3-4-12(2)26-15/h3-9H,24H2,1-2H3,(H2,25,28)(H,26,27,29). The quantitative estimate of drug-likeness (QED) is 0.459. The Labute approximate surface area is 177 Å². The first-order valence-electron chi connectivity index (χ1n) is 9.12. The Morgan fingerprint density at radius 2 is 1.83 bits per heavy atom. The Bertz CT molecular complexity index is 1330. The molecule has 0 saturated heterocycles. The van der Waals surface area contributed by atoms with Crippen molar-refractivity contribution in [2.75, 3.05) is 16.8 Å². The molecule has 3 heterocycles. The summed E-state index contributed by atoms with van der Waals surface area (Å²) >= 11 is 1.14. The van der Waals surface area contributed by atoms with Gasteiger partial charge in [0.2, 0.25) is 0 Å². The summed E-state index contributed by atoms with van der Waals surface area (Å²) in [5.74, 6) is 0.149. The number of hydrogen-bond acceptors (Lipinski definition) is 7. The highest BCUT2D eigenvalue weighted by Crippen LogP contribution is 2.42. The number of pyridine rings is 2. The van der Waals surface area contributed by atoms with E-state index < -0.39 is 0 Å². The van der Waals surface area contributed by atoms with Crippen LogP contribution in [0.15, 0.2) is 42.5 Å². The highest BCUT2D eigenvalue weighted by molar-refractivity contribution is 7.21. The summed E-state index contributed by atoms with van der Waals surface area (Å²) in [6.07, 6.45) is 0. The Kier molecular flexibility index (Phi) is 4.82. The normalized spacial score (nSPS) is 10.7. The van der Waals surface area contributed by atoms with Gasteiger partial charge in [-0.1, -0.05) is 35.9 Å². The van der Waals surface area contributed by atoms with Crippen molar-refractivity contribution in [3.8, 4) is 17.2 Å². The lowest BCUT2D eigenvalue weighted by molar-refractivity contribution is 0.103. The number of nitrogens with zero attached hydrogens (tertiary/aromatic N) is 3. The summed E-state index contributed by atoms with van der Waals surface area (Å²) in [6.45, 7) is 3.82. The van der Waals surface area contributed by atoms with Crippen LogP contribution in [-0.4, -0.2) is 15.9 Å². The number of benzene rings is 1. The van der Waals surface area contributed by atoms with E-state index >= 15 is 0 Å². The number of nitrogens with two attached hydrogens (primary N) is 2. The van der Waals surface area contributed by atoms with E-state index in [1.54, 1.807) is 6.07 Å². The van der Waals surface area contributed by atoms with Crippen molar-refractivity contribution in [2.24, 2.45) is 0 Å². The summed E-state index contributed by atoms with van der Waals surface area (Å²) in [5, 5.41) is 13.0. The second kappa shape index (κ2) is 7.46. The maximum Gasteiger partial charge on any atom is 0.269 e. The fourth-order valence-electron chi connectivity index (χ4n) is 3.25. The van der Waals surface area contributed by atoms with Gasteiger partial charge < -0.3 is 16.8 Å². The van der Waals surface area contributed by atoms with Crippen molar-refractivity contribution < 1.29 is 4.79 Å². The summed E-state index contributed by atoms with van der Waals surface area (Å²) in [4.78, 5) is 22.3. The molecular formula is C22H18N6OS. The van der Waals surface area contributed by atoms with E-state index in [1.807, 2.05) is 50.2 Å². The number of fused-ring (bicyclic) bond motifs is 1. The minimum atomic E-state index is -0.388. The first-order valence-corrected chi connectivity index (χ1v) is 9.94. The van der Waals surface area contributed by atoms with Crippen molar-refractivity contribution in [3.63, 3.8) is 0 Å². The van der Waals surface area contributed by atoms with Crippen LogP contribution in [0, 0.1) is 25.2 Å².